The molecular formula is C19H20N4O4. The number of amides is 1. The number of aromatic nitrogens is 3. The van der Waals surface area contributed by atoms with Crippen molar-refractivity contribution in [3.63, 3.8) is 0 Å². The van der Waals surface area contributed by atoms with E-state index in [-0.39, 0.29) is 18.1 Å². The first-order chi connectivity index (χ1) is 12.9. The van der Waals surface area contributed by atoms with Crippen molar-refractivity contribution in [1.29, 1.82) is 0 Å². The summed E-state index contributed by atoms with van der Waals surface area (Å²) in [4.78, 5) is 29.4. The number of nitrogens with one attached hydrogen (secondary N) is 1. The number of carbonyl (C=O) groups is 1. The van der Waals surface area contributed by atoms with E-state index in [0.717, 1.165) is 0 Å². The lowest BCUT2D eigenvalue weighted by Gasteiger charge is -2.16. The van der Waals surface area contributed by atoms with Crippen LogP contribution in [0.1, 0.15) is 20.8 Å². The molecule has 2 aromatic heterocycles. The minimum absolute atomic E-state index is 0.103. The number of rotatable bonds is 4. The number of aryl methyl sites for hydroxylation is 1. The third-order valence-electron chi connectivity index (χ3n) is 4.33. The Morgan fingerprint density at radius 3 is 2.74 bits per heavy atom. The van der Waals surface area contributed by atoms with Crippen molar-refractivity contribution in [2.75, 3.05) is 5.32 Å². The number of pyridine rings is 1. The summed E-state index contributed by atoms with van der Waals surface area (Å²) in [7, 11) is 0. The molecule has 1 aliphatic rings. The number of fused-ring (bicyclic) bond motifs is 2. The molecule has 0 atom stereocenters. The number of imidazole rings is 1. The molecule has 3 heterocycles. The summed E-state index contributed by atoms with van der Waals surface area (Å²) in [5.74, 6) is 0.162. The molecule has 1 aromatic carbocycles. The van der Waals surface area contributed by atoms with Gasteiger partial charge >= 0.3 is 5.69 Å². The van der Waals surface area contributed by atoms with E-state index in [4.69, 9.17) is 9.47 Å². The molecule has 0 bridgehead atoms. The van der Waals surface area contributed by atoms with Crippen LogP contribution >= 0.6 is 0 Å². The highest BCUT2D eigenvalue weighted by Crippen LogP contribution is 2.40. The first kappa shape index (κ1) is 17.1. The van der Waals surface area contributed by atoms with E-state index in [0.29, 0.717) is 34.9 Å². The van der Waals surface area contributed by atoms with Gasteiger partial charge in [0, 0.05) is 38.3 Å². The summed E-state index contributed by atoms with van der Waals surface area (Å²) in [5, 5.41) is 2.80. The van der Waals surface area contributed by atoms with Gasteiger partial charge in [0.2, 0.25) is 11.7 Å². The van der Waals surface area contributed by atoms with Gasteiger partial charge in [0.25, 0.3) is 0 Å². The molecule has 0 unspecified atom stereocenters. The lowest BCUT2D eigenvalue weighted by atomic mass is 10.3. The van der Waals surface area contributed by atoms with Crippen molar-refractivity contribution in [2.24, 2.45) is 0 Å². The zero-order valence-electron chi connectivity index (χ0n) is 15.4. The first-order valence-corrected chi connectivity index (χ1v) is 8.74. The molecule has 8 heteroatoms. The standard InChI is InChI=1S/C19H20N4O4/c1-4-22-17-13(6-5-9-20-17)23(18(22)25)11-16(24)21-12-7-8-14-15(10-12)27-19(2,3)26-14/h5-10H,4,11H2,1-3H3,(H,21,24). The zero-order chi connectivity index (χ0) is 19.2. The maximum absolute atomic E-state index is 12.6. The van der Waals surface area contributed by atoms with Gasteiger partial charge in [-0.15, -0.1) is 0 Å². The van der Waals surface area contributed by atoms with Crippen LogP contribution in [0.25, 0.3) is 11.2 Å². The SMILES string of the molecule is CCn1c(=O)n(CC(=O)Nc2ccc3c(c2)OC(C)(C)O3)c2cccnc21. The molecule has 0 radical (unpaired) electrons. The monoisotopic (exact) mass is 368 g/mol. The van der Waals surface area contributed by atoms with Crippen LogP contribution in [-0.4, -0.2) is 25.8 Å². The van der Waals surface area contributed by atoms with Crippen molar-refractivity contribution in [3.05, 3.63) is 47.0 Å². The Morgan fingerprint density at radius 1 is 1.19 bits per heavy atom. The van der Waals surface area contributed by atoms with Crippen LogP contribution in [0.3, 0.4) is 0 Å². The van der Waals surface area contributed by atoms with E-state index in [1.54, 1.807) is 41.1 Å². The Labute approximate surface area is 155 Å². The van der Waals surface area contributed by atoms with E-state index in [2.05, 4.69) is 10.3 Å². The largest absolute Gasteiger partial charge is 0.449 e. The van der Waals surface area contributed by atoms with E-state index in [1.165, 1.54) is 4.57 Å². The fraction of sp³-hybridized carbons (Fsp3) is 0.316. The second-order valence-electron chi connectivity index (χ2n) is 6.77. The fourth-order valence-electron chi connectivity index (χ4n) is 3.23. The summed E-state index contributed by atoms with van der Waals surface area (Å²) >= 11 is 0. The highest BCUT2D eigenvalue weighted by molar-refractivity contribution is 5.91. The number of hydrogen-bond acceptors (Lipinski definition) is 5. The Hall–Kier alpha value is -3.29. The van der Waals surface area contributed by atoms with Crippen LogP contribution in [0.2, 0.25) is 0 Å². The Bertz CT molecular complexity index is 1100. The van der Waals surface area contributed by atoms with Gasteiger partial charge in [-0.25, -0.2) is 9.78 Å². The molecule has 0 fully saturated rings. The second kappa shape index (κ2) is 6.15. The van der Waals surface area contributed by atoms with Gasteiger partial charge in [-0.3, -0.25) is 13.9 Å². The fourth-order valence-corrected chi connectivity index (χ4v) is 3.23. The van der Waals surface area contributed by atoms with Gasteiger partial charge in [-0.05, 0) is 31.2 Å². The topological polar surface area (TPSA) is 87.4 Å². The summed E-state index contributed by atoms with van der Waals surface area (Å²) in [6, 6.07) is 8.73. The molecule has 3 aromatic rings. The van der Waals surface area contributed by atoms with E-state index < -0.39 is 5.79 Å². The Balaban J connectivity index is 1.57. The molecule has 0 spiro atoms. The lowest BCUT2D eigenvalue weighted by molar-refractivity contribution is -0.116. The normalized spacial score (nSPS) is 14.5. The number of carbonyl (C=O) groups excluding carboxylic acids is 1. The number of hydrogen-bond donors (Lipinski definition) is 1. The maximum atomic E-state index is 12.6. The van der Waals surface area contributed by atoms with Crippen molar-refractivity contribution in [3.8, 4) is 11.5 Å². The molecule has 140 valence electrons. The van der Waals surface area contributed by atoms with Crippen molar-refractivity contribution in [1.82, 2.24) is 14.1 Å². The van der Waals surface area contributed by atoms with E-state index >= 15 is 0 Å². The summed E-state index contributed by atoms with van der Waals surface area (Å²) in [6.45, 7) is 5.88. The van der Waals surface area contributed by atoms with Crippen molar-refractivity contribution < 1.29 is 14.3 Å². The minimum atomic E-state index is -0.729. The summed E-state index contributed by atoms with van der Waals surface area (Å²) in [5.41, 5.74) is 1.52. The average molecular weight is 368 g/mol. The highest BCUT2D eigenvalue weighted by atomic mass is 16.7. The molecule has 1 amide bonds. The molecule has 8 nitrogen and oxygen atoms in total. The van der Waals surface area contributed by atoms with Gasteiger partial charge in [0.05, 0.1) is 5.52 Å². The quantitative estimate of drug-likeness (QED) is 0.764. The van der Waals surface area contributed by atoms with E-state index in [9.17, 15) is 9.59 Å². The van der Waals surface area contributed by atoms with Gasteiger partial charge in [0.1, 0.15) is 6.54 Å². The summed E-state index contributed by atoms with van der Waals surface area (Å²) in [6.07, 6.45) is 1.63. The molecule has 0 aliphatic carbocycles. The molecule has 27 heavy (non-hydrogen) atoms. The van der Waals surface area contributed by atoms with Crippen LogP contribution in [0.15, 0.2) is 41.3 Å². The van der Waals surface area contributed by atoms with Crippen LogP contribution in [0.5, 0.6) is 11.5 Å². The highest BCUT2D eigenvalue weighted by Gasteiger charge is 2.31. The molecule has 1 aliphatic heterocycles. The number of nitrogens with zero attached hydrogens (tertiary/aromatic N) is 3. The predicted molar refractivity (Wildman–Crippen MR) is 100 cm³/mol. The number of benzene rings is 1. The molecule has 0 saturated carbocycles. The van der Waals surface area contributed by atoms with Crippen LogP contribution < -0.4 is 20.5 Å². The van der Waals surface area contributed by atoms with Crippen molar-refractivity contribution in [2.45, 2.75) is 39.6 Å². The van der Waals surface area contributed by atoms with Crippen LogP contribution in [0, 0.1) is 0 Å². The molecule has 1 N–H and O–H groups in total. The van der Waals surface area contributed by atoms with E-state index in [1.807, 2.05) is 20.8 Å². The Morgan fingerprint density at radius 2 is 1.96 bits per heavy atom. The average Bonchev–Trinajstić information content (AvgIpc) is 3.07. The van der Waals surface area contributed by atoms with Gasteiger partial charge in [-0.1, -0.05) is 0 Å². The molecule has 0 saturated heterocycles. The van der Waals surface area contributed by atoms with Crippen LogP contribution in [-0.2, 0) is 17.9 Å². The second-order valence-corrected chi connectivity index (χ2v) is 6.77. The molecule has 4 rings (SSSR count). The van der Waals surface area contributed by atoms with Crippen molar-refractivity contribution >= 4 is 22.8 Å². The third kappa shape index (κ3) is 3.03. The van der Waals surface area contributed by atoms with Crippen LogP contribution in [0.4, 0.5) is 5.69 Å². The maximum Gasteiger partial charge on any atom is 0.330 e. The summed E-state index contributed by atoms with van der Waals surface area (Å²) < 4.78 is 14.3. The zero-order valence-corrected chi connectivity index (χ0v) is 15.4. The minimum Gasteiger partial charge on any atom is -0.449 e. The third-order valence-corrected chi connectivity index (χ3v) is 4.33. The predicted octanol–water partition coefficient (Wildman–Crippen LogP) is 2.36. The Kier molecular flexibility index (Phi) is 3.91. The lowest BCUT2D eigenvalue weighted by Crippen LogP contribution is -2.29. The van der Waals surface area contributed by atoms with Gasteiger partial charge in [-0.2, -0.15) is 0 Å². The number of anilines is 1. The number of ether oxygens (including phenoxy) is 2. The van der Waals surface area contributed by atoms with Gasteiger partial charge in [0.15, 0.2) is 17.1 Å². The smallest absolute Gasteiger partial charge is 0.330 e. The molecular weight excluding hydrogens is 348 g/mol. The first-order valence-electron chi connectivity index (χ1n) is 8.74. The van der Waals surface area contributed by atoms with Gasteiger partial charge < -0.3 is 14.8 Å².